The lowest BCUT2D eigenvalue weighted by atomic mass is 9.95. The second-order valence-electron chi connectivity index (χ2n) is 6.99. The molecule has 1 amide bonds. The van der Waals surface area contributed by atoms with Crippen molar-refractivity contribution in [1.82, 2.24) is 5.32 Å². The molecule has 1 N–H and O–H groups in total. The number of amides is 1. The van der Waals surface area contributed by atoms with Crippen molar-refractivity contribution in [3.05, 3.63) is 60.2 Å². The molecule has 0 saturated heterocycles. The normalized spacial score (nSPS) is 10.7. The Labute approximate surface area is 159 Å². The van der Waals surface area contributed by atoms with Gasteiger partial charge in [-0.05, 0) is 42.4 Å². The van der Waals surface area contributed by atoms with Crippen LogP contribution in [0.4, 0.5) is 0 Å². The summed E-state index contributed by atoms with van der Waals surface area (Å²) in [7, 11) is 0. The van der Waals surface area contributed by atoms with Crippen LogP contribution in [0.25, 0.3) is 11.1 Å². The van der Waals surface area contributed by atoms with Gasteiger partial charge in [-0.3, -0.25) is 4.79 Å². The minimum atomic E-state index is 0.218. The maximum absolute atomic E-state index is 11.7. The van der Waals surface area contributed by atoms with E-state index in [0.29, 0.717) is 6.42 Å². The number of unbranched alkanes of at least 4 members (excludes halogenated alkanes) is 5. The molecule has 0 aliphatic carbocycles. The summed E-state index contributed by atoms with van der Waals surface area (Å²) in [5.74, 6) is 0.218. The van der Waals surface area contributed by atoms with Crippen LogP contribution < -0.4 is 5.32 Å². The molecule has 0 heterocycles. The van der Waals surface area contributed by atoms with E-state index in [2.05, 4.69) is 66.8 Å². The summed E-state index contributed by atoms with van der Waals surface area (Å²) in [6.45, 7) is 2.97. The molecule has 0 saturated carbocycles. The number of carbonyl (C=O) groups excluding carboxylic acids is 1. The molecule has 2 aromatic rings. The quantitative estimate of drug-likeness (QED) is 0.456. The Kier molecular flexibility index (Phi) is 9.56. The van der Waals surface area contributed by atoms with E-state index in [0.717, 1.165) is 38.6 Å². The zero-order valence-electron chi connectivity index (χ0n) is 16.2. The van der Waals surface area contributed by atoms with Crippen LogP contribution in [-0.2, 0) is 11.2 Å². The highest BCUT2D eigenvalue weighted by Gasteiger charge is 2.04. The third-order valence-electron chi connectivity index (χ3n) is 4.80. The van der Waals surface area contributed by atoms with Crippen LogP contribution in [0.5, 0.6) is 0 Å². The summed E-state index contributed by atoms with van der Waals surface area (Å²) in [4.78, 5) is 11.7. The van der Waals surface area contributed by atoms with Gasteiger partial charge >= 0.3 is 0 Å². The lowest BCUT2D eigenvalue weighted by Gasteiger charge is -2.10. The Morgan fingerprint density at radius 1 is 0.808 bits per heavy atom. The molecule has 0 radical (unpaired) electrons. The predicted octanol–water partition coefficient (Wildman–Crippen LogP) is 6.15. The molecule has 0 spiro atoms. The van der Waals surface area contributed by atoms with Crippen molar-refractivity contribution in [1.29, 1.82) is 0 Å². The third-order valence-corrected chi connectivity index (χ3v) is 4.80. The minimum absolute atomic E-state index is 0.218. The Morgan fingerprint density at radius 2 is 1.50 bits per heavy atom. The van der Waals surface area contributed by atoms with Crippen LogP contribution in [0.3, 0.4) is 0 Å². The molecule has 2 nitrogen and oxygen atoms in total. The van der Waals surface area contributed by atoms with E-state index in [9.17, 15) is 4.79 Å². The fourth-order valence-electron chi connectivity index (χ4n) is 3.26. The number of hydrogen-bond acceptors (Lipinski definition) is 1. The maximum Gasteiger partial charge on any atom is 0.219 e. The minimum Gasteiger partial charge on any atom is -0.356 e. The first-order valence-electron chi connectivity index (χ1n) is 10.2. The second kappa shape index (κ2) is 12.3. The highest BCUT2D eigenvalue weighted by Crippen LogP contribution is 2.25. The van der Waals surface area contributed by atoms with Crippen LogP contribution in [0.1, 0.15) is 63.9 Å². The van der Waals surface area contributed by atoms with Crippen molar-refractivity contribution in [3.8, 4) is 11.1 Å². The van der Waals surface area contributed by atoms with Crippen molar-refractivity contribution in [2.24, 2.45) is 0 Å². The van der Waals surface area contributed by atoms with E-state index in [1.54, 1.807) is 0 Å². The first kappa shape index (κ1) is 20.2. The molecule has 0 bridgehead atoms. The first-order chi connectivity index (χ1) is 12.8. The Balaban J connectivity index is 1.63. The summed E-state index contributed by atoms with van der Waals surface area (Å²) < 4.78 is 0. The molecular formula is C24H33NO. The van der Waals surface area contributed by atoms with Crippen LogP contribution in [0.15, 0.2) is 54.6 Å². The van der Waals surface area contributed by atoms with E-state index >= 15 is 0 Å². The molecule has 0 aromatic heterocycles. The number of hydrogen-bond donors (Lipinski definition) is 1. The monoisotopic (exact) mass is 351 g/mol. The fraction of sp³-hybridized carbons (Fsp3) is 0.458. The molecule has 140 valence electrons. The SMILES string of the molecule is CCCCNC(=O)CCCCCCCc1ccccc1-c1ccccc1. The topological polar surface area (TPSA) is 29.1 Å². The molecule has 0 aliphatic rings. The van der Waals surface area contributed by atoms with Crippen LogP contribution in [0.2, 0.25) is 0 Å². The van der Waals surface area contributed by atoms with Gasteiger partial charge in [-0.15, -0.1) is 0 Å². The molecule has 2 rings (SSSR count). The van der Waals surface area contributed by atoms with Crippen LogP contribution >= 0.6 is 0 Å². The average molecular weight is 352 g/mol. The van der Waals surface area contributed by atoms with Gasteiger partial charge in [0, 0.05) is 13.0 Å². The lowest BCUT2D eigenvalue weighted by Crippen LogP contribution is -2.23. The van der Waals surface area contributed by atoms with Crippen LogP contribution in [0, 0.1) is 0 Å². The van der Waals surface area contributed by atoms with Gasteiger partial charge in [-0.1, -0.05) is 87.2 Å². The van der Waals surface area contributed by atoms with E-state index in [-0.39, 0.29) is 5.91 Å². The highest BCUT2D eigenvalue weighted by molar-refractivity contribution is 5.75. The Hall–Kier alpha value is -2.09. The van der Waals surface area contributed by atoms with E-state index < -0.39 is 0 Å². The van der Waals surface area contributed by atoms with E-state index in [4.69, 9.17) is 0 Å². The van der Waals surface area contributed by atoms with Gasteiger partial charge in [0.15, 0.2) is 0 Å². The molecular weight excluding hydrogens is 318 g/mol. The summed E-state index contributed by atoms with van der Waals surface area (Å²) in [5.41, 5.74) is 4.10. The van der Waals surface area contributed by atoms with Crippen molar-refractivity contribution in [2.45, 2.75) is 64.7 Å². The van der Waals surface area contributed by atoms with Gasteiger partial charge in [0.2, 0.25) is 5.91 Å². The zero-order chi connectivity index (χ0) is 18.5. The van der Waals surface area contributed by atoms with Gasteiger partial charge in [0.05, 0.1) is 0 Å². The summed E-state index contributed by atoms with van der Waals surface area (Å²) in [5, 5.41) is 2.99. The second-order valence-corrected chi connectivity index (χ2v) is 6.99. The van der Waals surface area contributed by atoms with Crippen molar-refractivity contribution >= 4 is 5.91 Å². The molecule has 2 aromatic carbocycles. The van der Waals surface area contributed by atoms with Crippen molar-refractivity contribution in [2.75, 3.05) is 6.54 Å². The number of nitrogens with one attached hydrogen (secondary N) is 1. The molecule has 0 unspecified atom stereocenters. The van der Waals surface area contributed by atoms with E-state index in [1.807, 2.05) is 0 Å². The number of rotatable bonds is 12. The van der Waals surface area contributed by atoms with Gasteiger partial charge in [-0.2, -0.15) is 0 Å². The molecule has 0 aliphatic heterocycles. The summed E-state index contributed by atoms with van der Waals surface area (Å²) in [6, 6.07) is 19.4. The molecule has 2 heteroatoms. The Morgan fingerprint density at radius 3 is 2.31 bits per heavy atom. The highest BCUT2D eigenvalue weighted by atomic mass is 16.1. The average Bonchev–Trinajstić information content (AvgIpc) is 2.68. The first-order valence-corrected chi connectivity index (χ1v) is 10.2. The number of carbonyl (C=O) groups is 1. The van der Waals surface area contributed by atoms with E-state index in [1.165, 1.54) is 36.0 Å². The lowest BCUT2D eigenvalue weighted by molar-refractivity contribution is -0.121. The summed E-state index contributed by atoms with van der Waals surface area (Å²) >= 11 is 0. The fourth-order valence-corrected chi connectivity index (χ4v) is 3.26. The van der Waals surface area contributed by atoms with Crippen molar-refractivity contribution < 1.29 is 4.79 Å². The van der Waals surface area contributed by atoms with Gasteiger partial charge < -0.3 is 5.32 Å². The van der Waals surface area contributed by atoms with Crippen molar-refractivity contribution in [3.63, 3.8) is 0 Å². The van der Waals surface area contributed by atoms with Gasteiger partial charge in [0.25, 0.3) is 0 Å². The Bertz CT molecular complexity index is 636. The standard InChI is InChI=1S/C24H33NO/c1-2-3-20-25-24(26)19-11-6-4-5-8-14-22-17-12-13-18-23(22)21-15-9-7-10-16-21/h7,9-10,12-13,15-18H,2-6,8,11,14,19-20H2,1H3,(H,25,26). The molecule has 0 fully saturated rings. The zero-order valence-corrected chi connectivity index (χ0v) is 16.2. The van der Waals surface area contributed by atoms with Crippen LogP contribution in [-0.4, -0.2) is 12.5 Å². The smallest absolute Gasteiger partial charge is 0.219 e. The maximum atomic E-state index is 11.7. The summed E-state index contributed by atoms with van der Waals surface area (Å²) in [6.07, 6.45) is 9.86. The number of benzene rings is 2. The molecule has 0 atom stereocenters. The van der Waals surface area contributed by atoms with Gasteiger partial charge in [0.1, 0.15) is 0 Å². The largest absolute Gasteiger partial charge is 0.356 e. The molecule has 26 heavy (non-hydrogen) atoms. The third kappa shape index (κ3) is 7.43. The number of aryl methyl sites for hydroxylation is 1. The predicted molar refractivity (Wildman–Crippen MR) is 111 cm³/mol. The van der Waals surface area contributed by atoms with Gasteiger partial charge in [-0.25, -0.2) is 0 Å².